The number of rotatable bonds is 5. The Morgan fingerprint density at radius 3 is 3.06 bits per heavy atom. The lowest BCUT2D eigenvalue weighted by molar-refractivity contribution is 0.129. The van der Waals surface area contributed by atoms with E-state index in [1.807, 2.05) is 12.3 Å². The first-order chi connectivity index (χ1) is 8.68. The standard InChI is InChI=1S/C15H24N2O/c1-11(2)9-16-10-14(18)13-7-3-5-12-6-4-8-17-15(12)13/h4,6,8,11,13-14,16,18H,3,5,7,9-10H2,1-2H3. The van der Waals surface area contributed by atoms with E-state index in [1.54, 1.807) is 0 Å². The number of aliphatic hydroxyl groups is 1. The molecule has 0 aromatic carbocycles. The number of hydrogen-bond donors (Lipinski definition) is 2. The van der Waals surface area contributed by atoms with E-state index < -0.39 is 0 Å². The van der Waals surface area contributed by atoms with Gasteiger partial charge in [0.2, 0.25) is 0 Å². The summed E-state index contributed by atoms with van der Waals surface area (Å²) in [7, 11) is 0. The summed E-state index contributed by atoms with van der Waals surface area (Å²) < 4.78 is 0. The number of aliphatic hydroxyl groups excluding tert-OH is 1. The Balaban J connectivity index is 1.97. The molecule has 2 N–H and O–H groups in total. The van der Waals surface area contributed by atoms with Crippen LogP contribution in [0.2, 0.25) is 0 Å². The zero-order valence-corrected chi connectivity index (χ0v) is 11.4. The Bertz CT molecular complexity index is 379. The second kappa shape index (κ2) is 6.30. The van der Waals surface area contributed by atoms with Crippen LogP contribution in [0.15, 0.2) is 18.3 Å². The van der Waals surface area contributed by atoms with Gasteiger partial charge in [-0.15, -0.1) is 0 Å². The SMILES string of the molecule is CC(C)CNCC(O)C1CCCc2cccnc21. The monoisotopic (exact) mass is 248 g/mol. The quantitative estimate of drug-likeness (QED) is 0.839. The zero-order valence-electron chi connectivity index (χ0n) is 11.4. The van der Waals surface area contributed by atoms with Crippen LogP contribution < -0.4 is 5.32 Å². The van der Waals surface area contributed by atoms with Crippen molar-refractivity contribution in [3.63, 3.8) is 0 Å². The smallest absolute Gasteiger partial charge is 0.0748 e. The molecule has 100 valence electrons. The van der Waals surface area contributed by atoms with Crippen LogP contribution in [0.5, 0.6) is 0 Å². The summed E-state index contributed by atoms with van der Waals surface area (Å²) in [6, 6.07) is 4.13. The van der Waals surface area contributed by atoms with E-state index in [1.165, 1.54) is 5.56 Å². The molecule has 0 amide bonds. The Labute approximate surface area is 110 Å². The molecule has 18 heavy (non-hydrogen) atoms. The minimum absolute atomic E-state index is 0.203. The maximum absolute atomic E-state index is 10.3. The van der Waals surface area contributed by atoms with E-state index in [-0.39, 0.29) is 12.0 Å². The van der Waals surface area contributed by atoms with Crippen molar-refractivity contribution >= 4 is 0 Å². The van der Waals surface area contributed by atoms with Crippen molar-refractivity contribution in [2.24, 2.45) is 5.92 Å². The van der Waals surface area contributed by atoms with Gasteiger partial charge in [0.1, 0.15) is 0 Å². The zero-order chi connectivity index (χ0) is 13.0. The second-order valence-corrected chi connectivity index (χ2v) is 5.67. The molecule has 2 unspecified atom stereocenters. The van der Waals surface area contributed by atoms with Crippen LogP contribution in [0.1, 0.15) is 43.9 Å². The molecule has 1 aromatic heterocycles. The fraction of sp³-hybridized carbons (Fsp3) is 0.667. The maximum atomic E-state index is 10.3. The van der Waals surface area contributed by atoms with Crippen LogP contribution in [0.25, 0.3) is 0 Å². The highest BCUT2D eigenvalue weighted by molar-refractivity contribution is 5.26. The van der Waals surface area contributed by atoms with Gasteiger partial charge >= 0.3 is 0 Å². The maximum Gasteiger partial charge on any atom is 0.0748 e. The van der Waals surface area contributed by atoms with E-state index in [9.17, 15) is 5.11 Å². The molecule has 1 aliphatic carbocycles. The lowest BCUT2D eigenvalue weighted by Gasteiger charge is -2.28. The first-order valence-corrected chi connectivity index (χ1v) is 7.01. The van der Waals surface area contributed by atoms with Crippen molar-refractivity contribution in [1.82, 2.24) is 10.3 Å². The molecule has 3 nitrogen and oxygen atoms in total. The molecule has 0 saturated heterocycles. The highest BCUT2D eigenvalue weighted by Gasteiger charge is 2.27. The van der Waals surface area contributed by atoms with E-state index >= 15 is 0 Å². The molecule has 0 radical (unpaired) electrons. The van der Waals surface area contributed by atoms with Gasteiger partial charge in [0.15, 0.2) is 0 Å². The summed E-state index contributed by atoms with van der Waals surface area (Å²) in [4.78, 5) is 4.48. The van der Waals surface area contributed by atoms with Gasteiger partial charge in [-0.1, -0.05) is 19.9 Å². The molecular formula is C15H24N2O. The van der Waals surface area contributed by atoms with Crippen LogP contribution in [0.4, 0.5) is 0 Å². The van der Waals surface area contributed by atoms with Gasteiger partial charge in [0.25, 0.3) is 0 Å². The van der Waals surface area contributed by atoms with Crippen molar-refractivity contribution in [2.75, 3.05) is 13.1 Å². The van der Waals surface area contributed by atoms with Gasteiger partial charge in [-0.05, 0) is 43.4 Å². The van der Waals surface area contributed by atoms with Gasteiger partial charge in [0, 0.05) is 24.4 Å². The largest absolute Gasteiger partial charge is 0.391 e. The van der Waals surface area contributed by atoms with Crippen LogP contribution in [0.3, 0.4) is 0 Å². The molecule has 1 aromatic rings. The van der Waals surface area contributed by atoms with E-state index in [2.05, 4.69) is 30.2 Å². The number of fused-ring (bicyclic) bond motifs is 1. The Hall–Kier alpha value is -0.930. The predicted octanol–water partition coefficient (Wildman–Crippen LogP) is 2.11. The van der Waals surface area contributed by atoms with Gasteiger partial charge in [-0.25, -0.2) is 0 Å². The molecular weight excluding hydrogens is 224 g/mol. The van der Waals surface area contributed by atoms with Crippen LogP contribution in [-0.4, -0.2) is 29.3 Å². The summed E-state index contributed by atoms with van der Waals surface area (Å²) in [5.41, 5.74) is 2.43. The molecule has 3 heteroatoms. The average Bonchev–Trinajstić information content (AvgIpc) is 2.37. The van der Waals surface area contributed by atoms with Crippen molar-refractivity contribution in [3.8, 4) is 0 Å². The predicted molar refractivity (Wildman–Crippen MR) is 73.6 cm³/mol. The lowest BCUT2D eigenvalue weighted by Crippen LogP contribution is -2.35. The second-order valence-electron chi connectivity index (χ2n) is 5.67. The molecule has 0 aliphatic heterocycles. The molecule has 0 spiro atoms. The number of nitrogens with zero attached hydrogens (tertiary/aromatic N) is 1. The minimum Gasteiger partial charge on any atom is -0.391 e. The molecule has 0 saturated carbocycles. The average molecular weight is 248 g/mol. The molecule has 2 atom stereocenters. The van der Waals surface area contributed by atoms with Gasteiger partial charge in [-0.3, -0.25) is 4.98 Å². The van der Waals surface area contributed by atoms with Gasteiger partial charge in [0.05, 0.1) is 6.10 Å². The minimum atomic E-state index is -0.322. The normalized spacial score (nSPS) is 20.8. The van der Waals surface area contributed by atoms with E-state index in [0.29, 0.717) is 12.5 Å². The van der Waals surface area contributed by atoms with Crippen LogP contribution >= 0.6 is 0 Å². The molecule has 1 aliphatic rings. The van der Waals surface area contributed by atoms with Crippen LogP contribution in [-0.2, 0) is 6.42 Å². The summed E-state index contributed by atoms with van der Waals surface area (Å²) >= 11 is 0. The van der Waals surface area contributed by atoms with Gasteiger partial charge in [-0.2, -0.15) is 0 Å². The number of pyridine rings is 1. The summed E-state index contributed by atoms with van der Waals surface area (Å²) in [5, 5.41) is 13.7. The van der Waals surface area contributed by atoms with Crippen LogP contribution in [0, 0.1) is 5.92 Å². The lowest BCUT2D eigenvalue weighted by atomic mass is 9.83. The van der Waals surface area contributed by atoms with E-state index in [0.717, 1.165) is 31.5 Å². The summed E-state index contributed by atoms with van der Waals surface area (Å²) in [6.07, 6.45) is 4.83. The summed E-state index contributed by atoms with van der Waals surface area (Å²) in [5.74, 6) is 0.823. The Morgan fingerprint density at radius 2 is 2.28 bits per heavy atom. The number of aryl methyl sites for hydroxylation is 1. The van der Waals surface area contributed by atoms with Crippen molar-refractivity contribution in [3.05, 3.63) is 29.6 Å². The summed E-state index contributed by atoms with van der Waals surface area (Å²) in [6.45, 7) is 5.98. The molecule has 1 heterocycles. The number of aromatic nitrogens is 1. The molecule has 2 rings (SSSR count). The number of hydrogen-bond acceptors (Lipinski definition) is 3. The first kappa shape index (κ1) is 13.5. The third-order valence-corrected chi connectivity index (χ3v) is 3.61. The van der Waals surface area contributed by atoms with Crippen molar-refractivity contribution in [1.29, 1.82) is 0 Å². The molecule has 0 fully saturated rings. The Morgan fingerprint density at radius 1 is 1.44 bits per heavy atom. The fourth-order valence-corrected chi connectivity index (χ4v) is 2.68. The first-order valence-electron chi connectivity index (χ1n) is 7.01. The highest BCUT2D eigenvalue weighted by Crippen LogP contribution is 2.32. The Kier molecular flexibility index (Phi) is 4.72. The third kappa shape index (κ3) is 3.30. The van der Waals surface area contributed by atoms with Crippen molar-refractivity contribution in [2.45, 2.75) is 45.1 Å². The van der Waals surface area contributed by atoms with Crippen molar-refractivity contribution < 1.29 is 5.11 Å². The van der Waals surface area contributed by atoms with E-state index in [4.69, 9.17) is 0 Å². The molecule has 0 bridgehead atoms. The van der Waals surface area contributed by atoms with Gasteiger partial charge < -0.3 is 10.4 Å². The topological polar surface area (TPSA) is 45.1 Å². The number of nitrogens with one attached hydrogen (secondary N) is 1. The third-order valence-electron chi connectivity index (χ3n) is 3.61. The highest BCUT2D eigenvalue weighted by atomic mass is 16.3. The fourth-order valence-electron chi connectivity index (χ4n) is 2.68.